The Morgan fingerprint density at radius 3 is 2.48 bits per heavy atom. The number of nitrogens with zero attached hydrogens (tertiary/aromatic N) is 3. The van der Waals surface area contributed by atoms with Crippen LogP contribution >= 0.6 is 0 Å². The van der Waals surface area contributed by atoms with E-state index in [0.717, 1.165) is 44.8 Å². The predicted molar refractivity (Wildman–Crippen MR) is 90.0 cm³/mol. The number of ether oxygens (including phenoxy) is 1. The highest BCUT2D eigenvalue weighted by molar-refractivity contribution is 5.77. The molecular formula is C17H23N3O3. The van der Waals surface area contributed by atoms with Gasteiger partial charge in [-0.1, -0.05) is 19.1 Å². The third-order valence-electron chi connectivity index (χ3n) is 4.32. The van der Waals surface area contributed by atoms with E-state index in [2.05, 4.69) is 4.90 Å². The fourth-order valence-corrected chi connectivity index (χ4v) is 3.07. The van der Waals surface area contributed by atoms with Crippen molar-refractivity contribution in [1.29, 1.82) is 0 Å². The largest absolute Gasteiger partial charge is 0.379 e. The van der Waals surface area contributed by atoms with Crippen molar-refractivity contribution in [1.82, 2.24) is 14.0 Å². The zero-order valence-corrected chi connectivity index (χ0v) is 13.5. The standard InChI is InChI=1S/C17H23N3O3/c1-2-7-20-16(21)14-5-3-4-6-15(14)19(17(20)22)9-8-18-10-12-23-13-11-18/h3-6H,2,7-13H2,1H3. The van der Waals surface area contributed by atoms with Gasteiger partial charge >= 0.3 is 5.69 Å². The maximum Gasteiger partial charge on any atom is 0.331 e. The van der Waals surface area contributed by atoms with Crippen molar-refractivity contribution in [3.63, 3.8) is 0 Å². The molecule has 6 nitrogen and oxygen atoms in total. The van der Waals surface area contributed by atoms with Crippen LogP contribution in [-0.2, 0) is 17.8 Å². The minimum atomic E-state index is -0.205. The van der Waals surface area contributed by atoms with E-state index < -0.39 is 0 Å². The lowest BCUT2D eigenvalue weighted by atomic mass is 10.2. The van der Waals surface area contributed by atoms with Gasteiger partial charge < -0.3 is 4.74 Å². The second-order valence-corrected chi connectivity index (χ2v) is 5.86. The molecule has 6 heteroatoms. The van der Waals surface area contributed by atoms with E-state index >= 15 is 0 Å². The van der Waals surface area contributed by atoms with Crippen LogP contribution in [0.5, 0.6) is 0 Å². The van der Waals surface area contributed by atoms with Crippen LogP contribution < -0.4 is 11.2 Å². The van der Waals surface area contributed by atoms with Crippen molar-refractivity contribution in [3.8, 4) is 0 Å². The molecule has 0 unspecified atom stereocenters. The summed E-state index contributed by atoms with van der Waals surface area (Å²) in [7, 11) is 0. The number of aromatic nitrogens is 2. The summed E-state index contributed by atoms with van der Waals surface area (Å²) in [4.78, 5) is 27.6. The number of para-hydroxylation sites is 1. The first kappa shape index (κ1) is 16.0. The van der Waals surface area contributed by atoms with Crippen LogP contribution in [0.4, 0.5) is 0 Å². The van der Waals surface area contributed by atoms with Crippen LogP contribution in [0.3, 0.4) is 0 Å². The van der Waals surface area contributed by atoms with Gasteiger partial charge in [0.1, 0.15) is 0 Å². The molecule has 1 saturated heterocycles. The lowest BCUT2D eigenvalue weighted by Gasteiger charge is -2.27. The predicted octanol–water partition coefficient (Wildman–Crippen LogP) is 0.905. The van der Waals surface area contributed by atoms with Crippen LogP contribution in [-0.4, -0.2) is 46.9 Å². The molecule has 0 N–H and O–H groups in total. The van der Waals surface area contributed by atoms with Gasteiger partial charge in [-0.25, -0.2) is 4.79 Å². The molecule has 0 radical (unpaired) electrons. The van der Waals surface area contributed by atoms with Crippen molar-refractivity contribution in [2.24, 2.45) is 0 Å². The van der Waals surface area contributed by atoms with E-state index in [0.29, 0.717) is 18.5 Å². The Kier molecular flexibility index (Phi) is 4.93. The smallest absolute Gasteiger partial charge is 0.331 e. The van der Waals surface area contributed by atoms with Gasteiger partial charge in [-0.2, -0.15) is 0 Å². The minimum absolute atomic E-state index is 0.185. The van der Waals surface area contributed by atoms with Gasteiger partial charge in [-0.05, 0) is 18.6 Å². The molecule has 0 spiro atoms. The van der Waals surface area contributed by atoms with E-state index in [-0.39, 0.29) is 11.2 Å². The van der Waals surface area contributed by atoms with Gasteiger partial charge in [0, 0.05) is 32.7 Å². The lowest BCUT2D eigenvalue weighted by Crippen LogP contribution is -2.43. The lowest BCUT2D eigenvalue weighted by molar-refractivity contribution is 0.0363. The molecule has 2 aromatic rings. The molecule has 1 aliphatic heterocycles. The fraction of sp³-hybridized carbons (Fsp3) is 0.529. The Hall–Kier alpha value is -1.92. The first-order valence-electron chi connectivity index (χ1n) is 8.25. The van der Waals surface area contributed by atoms with Gasteiger partial charge in [0.05, 0.1) is 24.1 Å². The fourth-order valence-electron chi connectivity index (χ4n) is 3.07. The van der Waals surface area contributed by atoms with Crippen LogP contribution in [0.1, 0.15) is 13.3 Å². The van der Waals surface area contributed by atoms with Crippen molar-refractivity contribution in [3.05, 3.63) is 45.1 Å². The van der Waals surface area contributed by atoms with E-state index in [4.69, 9.17) is 4.74 Å². The molecule has 1 aliphatic rings. The second-order valence-electron chi connectivity index (χ2n) is 5.86. The third-order valence-corrected chi connectivity index (χ3v) is 4.32. The highest BCUT2D eigenvalue weighted by Crippen LogP contribution is 2.08. The van der Waals surface area contributed by atoms with Crippen molar-refractivity contribution in [2.75, 3.05) is 32.8 Å². The van der Waals surface area contributed by atoms with E-state index in [9.17, 15) is 9.59 Å². The van der Waals surface area contributed by atoms with E-state index in [1.807, 2.05) is 25.1 Å². The molecular weight excluding hydrogens is 294 g/mol. The van der Waals surface area contributed by atoms with Gasteiger partial charge in [-0.3, -0.25) is 18.8 Å². The molecule has 23 heavy (non-hydrogen) atoms. The van der Waals surface area contributed by atoms with Crippen molar-refractivity contribution >= 4 is 10.9 Å². The third kappa shape index (κ3) is 3.23. The normalized spacial score (nSPS) is 16.0. The first-order chi connectivity index (χ1) is 11.2. The van der Waals surface area contributed by atoms with Gasteiger partial charge in [-0.15, -0.1) is 0 Å². The molecule has 0 bridgehead atoms. The Balaban J connectivity index is 2.00. The van der Waals surface area contributed by atoms with Crippen molar-refractivity contribution in [2.45, 2.75) is 26.4 Å². The first-order valence-corrected chi connectivity index (χ1v) is 8.25. The Morgan fingerprint density at radius 1 is 1.00 bits per heavy atom. The minimum Gasteiger partial charge on any atom is -0.379 e. The number of benzene rings is 1. The molecule has 1 aromatic heterocycles. The van der Waals surface area contributed by atoms with E-state index in [1.54, 1.807) is 10.6 Å². The molecule has 0 aliphatic carbocycles. The summed E-state index contributed by atoms with van der Waals surface area (Å²) in [6.07, 6.45) is 0.761. The topological polar surface area (TPSA) is 56.5 Å². The van der Waals surface area contributed by atoms with E-state index in [1.165, 1.54) is 4.57 Å². The summed E-state index contributed by atoms with van der Waals surface area (Å²) in [5.74, 6) is 0. The highest BCUT2D eigenvalue weighted by Gasteiger charge is 2.14. The molecule has 3 rings (SSSR count). The van der Waals surface area contributed by atoms with Crippen molar-refractivity contribution < 1.29 is 4.74 Å². The second kappa shape index (κ2) is 7.10. The number of rotatable bonds is 5. The molecule has 124 valence electrons. The average molecular weight is 317 g/mol. The number of morpholine rings is 1. The van der Waals surface area contributed by atoms with Crippen LogP contribution in [0.15, 0.2) is 33.9 Å². The summed E-state index contributed by atoms with van der Waals surface area (Å²) in [5, 5.41) is 0.613. The summed E-state index contributed by atoms with van der Waals surface area (Å²) < 4.78 is 8.46. The highest BCUT2D eigenvalue weighted by atomic mass is 16.5. The number of hydrogen-bond donors (Lipinski definition) is 0. The quantitative estimate of drug-likeness (QED) is 0.822. The molecule has 2 heterocycles. The molecule has 0 atom stereocenters. The van der Waals surface area contributed by atoms with Crippen LogP contribution in [0.25, 0.3) is 10.9 Å². The Labute approximate surface area is 134 Å². The monoisotopic (exact) mass is 317 g/mol. The summed E-state index contributed by atoms with van der Waals surface area (Å²) in [5.41, 5.74) is 0.335. The van der Waals surface area contributed by atoms with Gasteiger partial charge in [0.25, 0.3) is 5.56 Å². The Morgan fingerprint density at radius 2 is 1.74 bits per heavy atom. The Bertz CT molecular complexity index is 788. The summed E-state index contributed by atoms with van der Waals surface area (Å²) in [6, 6.07) is 7.37. The summed E-state index contributed by atoms with van der Waals surface area (Å²) in [6.45, 7) is 7.07. The zero-order valence-electron chi connectivity index (χ0n) is 13.5. The van der Waals surface area contributed by atoms with Gasteiger partial charge in [0.15, 0.2) is 0 Å². The molecule has 0 amide bonds. The number of fused-ring (bicyclic) bond motifs is 1. The SMILES string of the molecule is CCCn1c(=O)c2ccccc2n(CCN2CCOCC2)c1=O. The maximum absolute atomic E-state index is 12.7. The van der Waals surface area contributed by atoms with Gasteiger partial charge in [0.2, 0.25) is 0 Å². The molecule has 1 aromatic carbocycles. The molecule has 0 saturated carbocycles. The maximum atomic E-state index is 12.7. The van der Waals surface area contributed by atoms with Crippen LogP contribution in [0.2, 0.25) is 0 Å². The molecule has 1 fully saturated rings. The number of hydrogen-bond acceptors (Lipinski definition) is 4. The van der Waals surface area contributed by atoms with Crippen LogP contribution in [0, 0.1) is 0 Å². The average Bonchev–Trinajstić information content (AvgIpc) is 2.59. The zero-order chi connectivity index (χ0) is 16.2. The summed E-state index contributed by atoms with van der Waals surface area (Å²) >= 11 is 0.